The van der Waals surface area contributed by atoms with E-state index in [1.807, 2.05) is 78.9 Å². The van der Waals surface area contributed by atoms with Gasteiger partial charge in [0.1, 0.15) is 5.75 Å². The summed E-state index contributed by atoms with van der Waals surface area (Å²) in [5.74, 6) is 2.32. The number of nitrogens with one attached hydrogen (secondary N) is 3. The van der Waals surface area contributed by atoms with Crippen molar-refractivity contribution in [2.24, 2.45) is 11.0 Å². The van der Waals surface area contributed by atoms with Crippen molar-refractivity contribution in [3.63, 3.8) is 0 Å². The maximum Gasteiger partial charge on any atom is 0.250 e. The molecule has 0 radical (unpaired) electrons. The summed E-state index contributed by atoms with van der Waals surface area (Å²) in [7, 11) is 0. The molecule has 0 fully saturated rings. The van der Waals surface area contributed by atoms with Crippen LogP contribution in [0.2, 0.25) is 0 Å². The van der Waals surface area contributed by atoms with E-state index in [2.05, 4.69) is 65.9 Å². The van der Waals surface area contributed by atoms with E-state index in [0.29, 0.717) is 30.4 Å². The third-order valence-corrected chi connectivity index (χ3v) is 5.22. The average molecular weight is 532 g/mol. The van der Waals surface area contributed by atoms with Crippen molar-refractivity contribution < 1.29 is 4.74 Å². The van der Waals surface area contributed by atoms with E-state index in [9.17, 15) is 0 Å². The molecule has 0 aliphatic heterocycles. The number of hydrazone groups is 1. The van der Waals surface area contributed by atoms with Crippen molar-refractivity contribution in [1.29, 1.82) is 0 Å². The van der Waals surface area contributed by atoms with Gasteiger partial charge in [-0.1, -0.05) is 50.2 Å². The second-order valence-electron chi connectivity index (χ2n) is 8.05. The molecule has 1 aromatic heterocycles. The van der Waals surface area contributed by atoms with Gasteiger partial charge < -0.3 is 15.4 Å². The van der Waals surface area contributed by atoms with Crippen LogP contribution in [0.4, 0.5) is 29.2 Å². The number of hydrogen-bond acceptors (Lipinski definition) is 8. The molecule has 0 saturated heterocycles. The molecule has 0 bridgehead atoms. The predicted molar refractivity (Wildman–Crippen MR) is 145 cm³/mol. The van der Waals surface area contributed by atoms with Gasteiger partial charge in [-0.2, -0.15) is 20.1 Å². The first-order chi connectivity index (χ1) is 17.0. The molecule has 0 amide bonds. The van der Waals surface area contributed by atoms with Crippen LogP contribution in [0.5, 0.6) is 5.75 Å². The molecule has 9 heteroatoms. The van der Waals surface area contributed by atoms with Crippen LogP contribution in [0.25, 0.3) is 0 Å². The van der Waals surface area contributed by atoms with Gasteiger partial charge in [-0.15, -0.1) is 0 Å². The highest BCUT2D eigenvalue weighted by atomic mass is 79.9. The summed E-state index contributed by atoms with van der Waals surface area (Å²) >= 11 is 3.56. The first-order valence-electron chi connectivity index (χ1n) is 11.2. The minimum absolute atomic E-state index is 0.295. The summed E-state index contributed by atoms with van der Waals surface area (Å²) in [6.07, 6.45) is 1.69. The second-order valence-corrected chi connectivity index (χ2v) is 8.91. The summed E-state index contributed by atoms with van der Waals surface area (Å²) in [4.78, 5) is 13.4. The smallest absolute Gasteiger partial charge is 0.250 e. The van der Waals surface area contributed by atoms with Crippen LogP contribution in [0.1, 0.15) is 19.4 Å². The minimum Gasteiger partial charge on any atom is -0.492 e. The van der Waals surface area contributed by atoms with Gasteiger partial charge in [0.05, 0.1) is 17.3 Å². The van der Waals surface area contributed by atoms with Crippen molar-refractivity contribution in [3.8, 4) is 5.75 Å². The number of ether oxygens (including phenoxy) is 1. The van der Waals surface area contributed by atoms with E-state index in [4.69, 9.17) is 4.74 Å². The number of para-hydroxylation sites is 2. The van der Waals surface area contributed by atoms with Crippen molar-refractivity contribution in [2.45, 2.75) is 13.8 Å². The quantitative estimate of drug-likeness (QED) is 0.156. The van der Waals surface area contributed by atoms with Gasteiger partial charge in [0.25, 0.3) is 0 Å². The fourth-order valence-corrected chi connectivity index (χ4v) is 3.49. The number of anilines is 5. The molecule has 4 rings (SSSR count). The van der Waals surface area contributed by atoms with Gasteiger partial charge in [-0.3, -0.25) is 0 Å². The lowest BCUT2D eigenvalue weighted by Gasteiger charge is -2.11. The van der Waals surface area contributed by atoms with Crippen molar-refractivity contribution in [1.82, 2.24) is 15.0 Å². The molecule has 4 aromatic rings. The Labute approximate surface area is 213 Å². The molecular formula is C26H26BrN7O. The number of rotatable bonds is 10. The van der Waals surface area contributed by atoms with Gasteiger partial charge in [0, 0.05) is 11.4 Å². The van der Waals surface area contributed by atoms with Gasteiger partial charge in [-0.05, 0) is 69.9 Å². The van der Waals surface area contributed by atoms with E-state index in [1.54, 1.807) is 6.21 Å². The predicted octanol–water partition coefficient (Wildman–Crippen LogP) is 6.60. The lowest BCUT2D eigenvalue weighted by molar-refractivity contribution is 0.269. The van der Waals surface area contributed by atoms with E-state index in [-0.39, 0.29) is 0 Å². The zero-order valence-corrected chi connectivity index (χ0v) is 21.0. The Morgan fingerprint density at radius 2 is 1.40 bits per heavy atom. The fourth-order valence-electron chi connectivity index (χ4n) is 2.97. The third-order valence-electron chi connectivity index (χ3n) is 4.60. The van der Waals surface area contributed by atoms with Crippen LogP contribution in [0.3, 0.4) is 0 Å². The Bertz CT molecular complexity index is 1210. The maximum atomic E-state index is 5.80. The Hall–Kier alpha value is -3.98. The molecule has 178 valence electrons. The summed E-state index contributed by atoms with van der Waals surface area (Å²) in [6, 6.07) is 25.2. The van der Waals surface area contributed by atoms with Crippen molar-refractivity contribution in [3.05, 3.63) is 88.9 Å². The van der Waals surface area contributed by atoms with Gasteiger partial charge in [0.2, 0.25) is 17.8 Å². The number of benzene rings is 3. The molecule has 1 heterocycles. The van der Waals surface area contributed by atoms with Crippen LogP contribution in [0, 0.1) is 5.92 Å². The van der Waals surface area contributed by atoms with E-state index in [1.165, 1.54) is 0 Å². The molecule has 0 atom stereocenters. The average Bonchev–Trinajstić information content (AvgIpc) is 2.84. The first-order valence-corrected chi connectivity index (χ1v) is 12.0. The highest BCUT2D eigenvalue weighted by Crippen LogP contribution is 2.26. The Balaban J connectivity index is 1.50. The number of nitrogens with zero attached hydrogens (tertiary/aromatic N) is 4. The van der Waals surface area contributed by atoms with E-state index < -0.39 is 0 Å². The normalized spacial score (nSPS) is 11.0. The van der Waals surface area contributed by atoms with Crippen LogP contribution < -0.4 is 20.8 Å². The van der Waals surface area contributed by atoms with Crippen LogP contribution in [0.15, 0.2) is 88.4 Å². The van der Waals surface area contributed by atoms with E-state index in [0.717, 1.165) is 27.2 Å². The molecule has 0 aliphatic carbocycles. The molecule has 0 spiro atoms. The fraction of sp³-hybridized carbons (Fsp3) is 0.154. The molecule has 3 N–H and O–H groups in total. The number of hydrogen-bond donors (Lipinski definition) is 3. The van der Waals surface area contributed by atoms with Crippen LogP contribution in [-0.2, 0) is 0 Å². The van der Waals surface area contributed by atoms with Gasteiger partial charge >= 0.3 is 0 Å². The highest BCUT2D eigenvalue weighted by Gasteiger charge is 2.08. The van der Waals surface area contributed by atoms with Gasteiger partial charge in [-0.25, -0.2) is 5.43 Å². The number of aromatic nitrogens is 3. The molecule has 0 saturated carbocycles. The zero-order chi connectivity index (χ0) is 24.5. The zero-order valence-electron chi connectivity index (χ0n) is 19.4. The van der Waals surface area contributed by atoms with Crippen molar-refractivity contribution in [2.75, 3.05) is 22.7 Å². The summed E-state index contributed by atoms with van der Waals surface area (Å²) in [5.41, 5.74) is 5.52. The molecule has 0 unspecified atom stereocenters. The Morgan fingerprint density at radius 3 is 1.94 bits per heavy atom. The SMILES string of the molecule is CC(C)COc1ccc(/C=N\Nc2nc(Nc3ccccc3)nc(Nc3ccccc3)n2)cc1Br. The standard InChI is InChI=1S/C26H26BrN7O/c1-18(2)17-35-23-14-13-19(15-22(23)27)16-28-34-26-32-24(29-20-9-5-3-6-10-20)31-25(33-26)30-21-11-7-4-8-12-21/h3-16,18H,17H2,1-2H3,(H3,29,30,31,32,33,34)/b28-16-. The maximum absolute atomic E-state index is 5.80. The van der Waals surface area contributed by atoms with Gasteiger partial charge in [0.15, 0.2) is 0 Å². The minimum atomic E-state index is 0.295. The summed E-state index contributed by atoms with van der Waals surface area (Å²) < 4.78 is 6.67. The Kier molecular flexibility index (Phi) is 8.24. The van der Waals surface area contributed by atoms with Crippen LogP contribution >= 0.6 is 15.9 Å². The third kappa shape index (κ3) is 7.51. The molecule has 8 nitrogen and oxygen atoms in total. The lowest BCUT2D eigenvalue weighted by Crippen LogP contribution is -2.07. The first kappa shape index (κ1) is 24.2. The summed E-state index contributed by atoms with van der Waals surface area (Å²) in [6.45, 7) is 4.89. The van der Waals surface area contributed by atoms with Crippen molar-refractivity contribution >= 4 is 51.4 Å². The van der Waals surface area contributed by atoms with E-state index >= 15 is 0 Å². The molecule has 0 aliphatic rings. The van der Waals surface area contributed by atoms with Crippen LogP contribution in [-0.4, -0.2) is 27.8 Å². The largest absolute Gasteiger partial charge is 0.492 e. The summed E-state index contributed by atoms with van der Waals surface area (Å²) in [5, 5.41) is 10.7. The molecule has 3 aromatic carbocycles. The number of halogens is 1. The topological polar surface area (TPSA) is 96.4 Å². The molecular weight excluding hydrogens is 506 g/mol. The monoisotopic (exact) mass is 531 g/mol. The molecule has 35 heavy (non-hydrogen) atoms. The Morgan fingerprint density at radius 1 is 0.829 bits per heavy atom. The second kappa shape index (κ2) is 11.9. The highest BCUT2D eigenvalue weighted by molar-refractivity contribution is 9.10. The lowest BCUT2D eigenvalue weighted by atomic mass is 10.2.